The van der Waals surface area contributed by atoms with E-state index in [-0.39, 0.29) is 21.8 Å². The maximum absolute atomic E-state index is 15.7. The van der Waals surface area contributed by atoms with Crippen molar-refractivity contribution in [1.29, 1.82) is 0 Å². The molecule has 0 bridgehead atoms. The van der Waals surface area contributed by atoms with Crippen molar-refractivity contribution >= 4 is 67.6 Å². The number of benzene rings is 2. The minimum atomic E-state index is -4.47. The first-order valence-electron chi connectivity index (χ1n) is 10.2. The lowest BCUT2D eigenvalue weighted by molar-refractivity contribution is 0.1000. The van der Waals surface area contributed by atoms with Crippen LogP contribution in [0.5, 0.6) is 0 Å². The molecule has 0 atom stereocenters. The molecule has 0 aliphatic carbocycles. The molecule has 0 saturated carbocycles. The van der Waals surface area contributed by atoms with Crippen LogP contribution >= 0.6 is 23.2 Å². The molecule has 10 nitrogen and oxygen atoms in total. The number of sulfonamides is 1. The van der Waals surface area contributed by atoms with Gasteiger partial charge in [-0.2, -0.15) is 4.98 Å². The van der Waals surface area contributed by atoms with Crippen molar-refractivity contribution < 1.29 is 17.6 Å². The molecule has 4 rings (SSSR count). The smallest absolute Gasteiger partial charge is 0.263 e. The predicted molar refractivity (Wildman–Crippen MR) is 138 cm³/mol. The van der Waals surface area contributed by atoms with Crippen LogP contribution in [0.15, 0.2) is 47.5 Å². The van der Waals surface area contributed by atoms with Crippen LogP contribution in [0, 0.1) is 5.82 Å². The van der Waals surface area contributed by atoms with E-state index >= 15 is 4.39 Å². The van der Waals surface area contributed by atoms with Crippen LogP contribution in [0.2, 0.25) is 10.0 Å². The predicted octanol–water partition coefficient (Wildman–Crippen LogP) is 4.12. The van der Waals surface area contributed by atoms with E-state index in [1.807, 2.05) is 0 Å². The Morgan fingerprint density at radius 2 is 1.81 bits per heavy atom. The normalized spacial score (nSPS) is 11.4. The summed E-state index contributed by atoms with van der Waals surface area (Å²) in [7, 11) is -1.20. The van der Waals surface area contributed by atoms with Gasteiger partial charge >= 0.3 is 0 Å². The highest BCUT2D eigenvalue weighted by molar-refractivity contribution is 7.92. The van der Waals surface area contributed by atoms with Gasteiger partial charge in [-0.15, -0.1) is 0 Å². The number of nitrogens with one attached hydrogen (secondary N) is 3. The molecule has 186 valence electrons. The first-order valence-corrected chi connectivity index (χ1v) is 12.4. The molecule has 0 unspecified atom stereocenters. The highest BCUT2D eigenvalue weighted by Crippen LogP contribution is 2.36. The van der Waals surface area contributed by atoms with Crippen molar-refractivity contribution in [2.75, 3.05) is 29.5 Å². The zero-order chi connectivity index (χ0) is 26.2. The summed E-state index contributed by atoms with van der Waals surface area (Å²) in [5, 5.41) is 5.73. The molecule has 2 aromatic carbocycles. The Morgan fingerprint density at radius 3 is 2.47 bits per heavy atom. The second-order valence-electron chi connectivity index (χ2n) is 7.39. The van der Waals surface area contributed by atoms with Gasteiger partial charge in [0.05, 0.1) is 16.3 Å². The molecule has 14 heteroatoms. The Hall–Kier alpha value is -3.74. The molecule has 36 heavy (non-hydrogen) atoms. The fourth-order valence-corrected chi connectivity index (χ4v) is 5.41. The number of hydrogen-bond donors (Lipinski definition) is 4. The fourth-order valence-electron chi connectivity index (χ4n) is 3.44. The first-order chi connectivity index (χ1) is 17.1. The third-order valence-electron chi connectivity index (χ3n) is 5.12. The second-order valence-corrected chi connectivity index (χ2v) is 9.86. The van der Waals surface area contributed by atoms with Crippen LogP contribution in [0.1, 0.15) is 10.4 Å². The van der Waals surface area contributed by atoms with Crippen molar-refractivity contribution in [2.45, 2.75) is 4.90 Å². The van der Waals surface area contributed by atoms with Gasteiger partial charge in [-0.25, -0.2) is 22.8 Å². The summed E-state index contributed by atoms with van der Waals surface area (Å²) in [6.07, 6.45) is 1.53. The molecule has 0 aliphatic heterocycles. The van der Waals surface area contributed by atoms with E-state index in [1.54, 1.807) is 20.2 Å². The highest BCUT2D eigenvalue weighted by Gasteiger charge is 2.25. The Labute approximate surface area is 215 Å². The number of hydrogen-bond acceptors (Lipinski definition) is 8. The number of amides is 1. The molecule has 0 aliphatic rings. The van der Waals surface area contributed by atoms with Gasteiger partial charge in [0.1, 0.15) is 10.7 Å². The minimum Gasteiger partial charge on any atom is -0.373 e. The van der Waals surface area contributed by atoms with Crippen LogP contribution in [0.3, 0.4) is 0 Å². The molecule has 0 saturated heterocycles. The highest BCUT2D eigenvalue weighted by atomic mass is 35.5. The van der Waals surface area contributed by atoms with E-state index in [2.05, 4.69) is 30.3 Å². The average molecular weight is 550 g/mol. The summed E-state index contributed by atoms with van der Waals surface area (Å²) in [5.74, 6) is -1.17. The standard InChI is InChI=1S/C22H18Cl2FN7O3S/c1-27-21-13(6-10-9-29-22(28-2)31-20(10)30-21)12-4-3-5-15(18(12)25)32-36(34,35)16-8-11(23)7-14(17(16)24)19(26)33/h3-9,32H,1-2H3,(H2,26,33)(H2,27,28,29,30,31). The number of halogens is 3. The monoisotopic (exact) mass is 549 g/mol. The Balaban J connectivity index is 1.81. The molecule has 4 aromatic rings. The van der Waals surface area contributed by atoms with Gasteiger partial charge in [0.15, 0.2) is 11.5 Å². The lowest BCUT2D eigenvalue weighted by atomic mass is 10.0. The number of anilines is 3. The van der Waals surface area contributed by atoms with E-state index in [0.29, 0.717) is 28.4 Å². The zero-order valence-corrected chi connectivity index (χ0v) is 21.1. The number of carbonyl (C=O) groups excluding carboxylic acids is 1. The van der Waals surface area contributed by atoms with Crippen molar-refractivity contribution in [3.63, 3.8) is 0 Å². The van der Waals surface area contributed by atoms with E-state index in [1.165, 1.54) is 24.4 Å². The molecule has 0 radical (unpaired) electrons. The second kappa shape index (κ2) is 9.72. The van der Waals surface area contributed by atoms with Crippen molar-refractivity contribution in [1.82, 2.24) is 15.0 Å². The molecule has 0 fully saturated rings. The Bertz CT molecular complexity index is 1630. The maximum Gasteiger partial charge on any atom is 0.263 e. The van der Waals surface area contributed by atoms with Crippen molar-refractivity contribution in [3.8, 4) is 11.1 Å². The number of nitrogens with two attached hydrogens (primary N) is 1. The Kier molecular flexibility index (Phi) is 6.85. The van der Waals surface area contributed by atoms with Crippen LogP contribution in [-0.2, 0) is 10.0 Å². The van der Waals surface area contributed by atoms with Gasteiger partial charge in [0, 0.05) is 41.8 Å². The number of primary amides is 1. The molecule has 2 heterocycles. The third kappa shape index (κ3) is 4.70. The maximum atomic E-state index is 15.7. The molecular weight excluding hydrogens is 532 g/mol. The van der Waals surface area contributed by atoms with Gasteiger partial charge in [0.2, 0.25) is 11.9 Å². The quantitative estimate of drug-likeness (QED) is 0.268. The molecule has 2 aromatic heterocycles. The van der Waals surface area contributed by atoms with Crippen LogP contribution in [-0.4, -0.2) is 43.4 Å². The minimum absolute atomic E-state index is 0.0571. The van der Waals surface area contributed by atoms with Crippen LogP contribution in [0.4, 0.5) is 21.8 Å². The fraction of sp³-hybridized carbons (Fsp3) is 0.0909. The van der Waals surface area contributed by atoms with E-state index < -0.39 is 31.7 Å². The van der Waals surface area contributed by atoms with E-state index in [4.69, 9.17) is 28.9 Å². The lowest BCUT2D eigenvalue weighted by Gasteiger charge is -2.15. The summed E-state index contributed by atoms with van der Waals surface area (Å²) in [6.45, 7) is 0. The van der Waals surface area contributed by atoms with Crippen LogP contribution < -0.4 is 21.1 Å². The van der Waals surface area contributed by atoms with E-state index in [9.17, 15) is 13.2 Å². The largest absolute Gasteiger partial charge is 0.373 e. The SMILES string of the molecule is CNc1ncc2cc(-c3cccc(NS(=O)(=O)c4cc(Cl)cc(C(N)=O)c4Cl)c3F)c(NC)nc2n1. The van der Waals surface area contributed by atoms with Gasteiger partial charge in [-0.1, -0.05) is 35.3 Å². The summed E-state index contributed by atoms with van der Waals surface area (Å²) < 4.78 is 44.0. The summed E-state index contributed by atoms with van der Waals surface area (Å²) in [6, 6.07) is 7.98. The van der Waals surface area contributed by atoms with Crippen molar-refractivity contribution in [2.24, 2.45) is 5.73 Å². The summed E-state index contributed by atoms with van der Waals surface area (Å²) >= 11 is 12.1. The van der Waals surface area contributed by atoms with Gasteiger partial charge < -0.3 is 16.4 Å². The van der Waals surface area contributed by atoms with Crippen LogP contribution in [0.25, 0.3) is 22.2 Å². The number of nitrogens with zero attached hydrogens (tertiary/aromatic N) is 3. The summed E-state index contributed by atoms with van der Waals surface area (Å²) in [4.78, 5) is 24.0. The van der Waals surface area contributed by atoms with Gasteiger partial charge in [-0.3, -0.25) is 9.52 Å². The lowest BCUT2D eigenvalue weighted by Crippen LogP contribution is -2.18. The average Bonchev–Trinajstić information content (AvgIpc) is 2.85. The zero-order valence-electron chi connectivity index (χ0n) is 18.7. The molecule has 1 amide bonds. The number of carbonyl (C=O) groups is 1. The third-order valence-corrected chi connectivity index (χ3v) is 7.25. The molecule has 5 N–H and O–H groups in total. The topological polar surface area (TPSA) is 152 Å². The molecular formula is C22H18Cl2FN7O3S. The Morgan fingerprint density at radius 1 is 1.06 bits per heavy atom. The number of aromatic nitrogens is 3. The van der Waals surface area contributed by atoms with Gasteiger partial charge in [-0.05, 0) is 24.3 Å². The summed E-state index contributed by atoms with van der Waals surface area (Å²) in [5.41, 5.74) is 5.38. The van der Waals surface area contributed by atoms with E-state index in [0.717, 1.165) is 12.1 Å². The molecule has 0 spiro atoms. The van der Waals surface area contributed by atoms with Gasteiger partial charge in [0.25, 0.3) is 10.0 Å². The number of rotatable bonds is 7. The first kappa shape index (κ1) is 25.4. The van der Waals surface area contributed by atoms with Crippen molar-refractivity contribution in [3.05, 3.63) is 64.0 Å². The number of fused-ring (bicyclic) bond motifs is 1. The number of pyridine rings is 1.